The summed E-state index contributed by atoms with van der Waals surface area (Å²) >= 11 is 25.4. The molecule has 2 nitrogen and oxygen atoms in total. The van der Waals surface area contributed by atoms with Crippen molar-refractivity contribution in [2.75, 3.05) is 23.5 Å². The van der Waals surface area contributed by atoms with Crippen LogP contribution in [-0.2, 0) is 6.54 Å². The van der Waals surface area contributed by atoms with E-state index in [-0.39, 0.29) is 0 Å². The van der Waals surface area contributed by atoms with Crippen LogP contribution in [0.5, 0.6) is 0 Å². The highest BCUT2D eigenvalue weighted by molar-refractivity contribution is 6.54. The van der Waals surface area contributed by atoms with Crippen LogP contribution in [0, 0.1) is 0 Å². The SMILES string of the molecule is CN1CN(Cc2ccc3ccccc3c2)c2c(Cl)c(Cl)c(Cl)c(Cl)c21. The normalized spacial score (nSPS) is 13.6. The molecule has 0 N–H and O–H groups in total. The van der Waals surface area contributed by atoms with Crippen molar-refractivity contribution in [2.24, 2.45) is 0 Å². The van der Waals surface area contributed by atoms with Gasteiger partial charge in [-0.2, -0.15) is 0 Å². The van der Waals surface area contributed by atoms with E-state index in [0.717, 1.165) is 11.4 Å². The molecule has 0 bridgehead atoms. The monoisotopic (exact) mass is 410 g/mol. The van der Waals surface area contributed by atoms with Crippen molar-refractivity contribution < 1.29 is 0 Å². The maximum absolute atomic E-state index is 6.49. The van der Waals surface area contributed by atoms with Crippen LogP contribution in [-0.4, -0.2) is 13.7 Å². The predicted octanol–water partition coefficient (Wildman–Crippen LogP) is 6.87. The second-order valence-electron chi connectivity index (χ2n) is 6.17. The molecular weight excluding hydrogens is 398 g/mol. The summed E-state index contributed by atoms with van der Waals surface area (Å²) in [5, 5.41) is 3.91. The van der Waals surface area contributed by atoms with E-state index in [0.29, 0.717) is 33.3 Å². The number of halogens is 4. The van der Waals surface area contributed by atoms with Crippen LogP contribution < -0.4 is 9.80 Å². The van der Waals surface area contributed by atoms with Crippen molar-refractivity contribution >= 4 is 68.6 Å². The van der Waals surface area contributed by atoms with Gasteiger partial charge in [0.15, 0.2) is 0 Å². The first-order chi connectivity index (χ1) is 12.0. The molecule has 4 rings (SSSR count). The number of hydrogen-bond donors (Lipinski definition) is 0. The molecule has 1 aliphatic rings. The van der Waals surface area contributed by atoms with E-state index >= 15 is 0 Å². The average Bonchev–Trinajstić information content (AvgIpc) is 2.94. The molecule has 0 atom stereocenters. The Morgan fingerprint density at radius 1 is 0.800 bits per heavy atom. The summed E-state index contributed by atoms with van der Waals surface area (Å²) in [6.45, 7) is 1.37. The standard InChI is InChI=1S/C19H14Cl4N2/c1-24-10-25(19-17(23)15(21)14(20)16(22)18(19)24)9-11-6-7-12-4-2-3-5-13(12)8-11/h2-8H,9-10H2,1H3. The Bertz CT molecular complexity index is 987. The van der Waals surface area contributed by atoms with Crippen LogP contribution in [0.4, 0.5) is 11.4 Å². The van der Waals surface area contributed by atoms with Crippen molar-refractivity contribution in [1.29, 1.82) is 0 Å². The van der Waals surface area contributed by atoms with Crippen molar-refractivity contribution in [3.05, 3.63) is 68.1 Å². The van der Waals surface area contributed by atoms with Crippen LogP contribution in [0.1, 0.15) is 5.56 Å². The number of rotatable bonds is 2. The van der Waals surface area contributed by atoms with E-state index in [2.05, 4.69) is 35.2 Å². The number of anilines is 2. The summed E-state index contributed by atoms with van der Waals surface area (Å²) in [7, 11) is 1.96. The molecule has 0 saturated heterocycles. The van der Waals surface area contributed by atoms with Gasteiger partial charge in [-0.1, -0.05) is 82.8 Å². The number of benzene rings is 3. The van der Waals surface area contributed by atoms with Crippen molar-refractivity contribution in [1.82, 2.24) is 0 Å². The number of hydrogen-bond acceptors (Lipinski definition) is 2. The molecule has 0 amide bonds. The predicted molar refractivity (Wildman–Crippen MR) is 110 cm³/mol. The summed E-state index contributed by atoms with van der Waals surface area (Å²) in [4.78, 5) is 4.20. The average molecular weight is 412 g/mol. The number of nitrogens with zero attached hydrogens (tertiary/aromatic N) is 2. The molecule has 3 aromatic carbocycles. The van der Waals surface area contributed by atoms with Gasteiger partial charge in [-0.15, -0.1) is 0 Å². The molecule has 1 heterocycles. The van der Waals surface area contributed by atoms with Gasteiger partial charge < -0.3 is 9.80 Å². The van der Waals surface area contributed by atoms with Crippen LogP contribution >= 0.6 is 46.4 Å². The van der Waals surface area contributed by atoms with Crippen molar-refractivity contribution in [3.63, 3.8) is 0 Å². The maximum Gasteiger partial charge on any atom is 0.0905 e. The molecule has 1 aliphatic heterocycles. The summed E-state index contributed by atoms with van der Waals surface area (Å²) in [6, 6.07) is 14.8. The lowest BCUT2D eigenvalue weighted by atomic mass is 10.1. The van der Waals surface area contributed by atoms with Gasteiger partial charge in [0.05, 0.1) is 38.1 Å². The molecule has 128 valence electrons. The summed E-state index contributed by atoms with van der Waals surface area (Å²) in [5.74, 6) is 0. The van der Waals surface area contributed by atoms with Gasteiger partial charge >= 0.3 is 0 Å². The van der Waals surface area contributed by atoms with Crippen molar-refractivity contribution in [3.8, 4) is 0 Å². The minimum atomic E-state index is 0.297. The fourth-order valence-corrected chi connectivity index (χ4v) is 4.43. The summed E-state index contributed by atoms with van der Waals surface area (Å²) in [5.41, 5.74) is 2.84. The lowest BCUT2D eigenvalue weighted by Gasteiger charge is -2.21. The highest BCUT2D eigenvalue weighted by Gasteiger charge is 2.32. The zero-order chi connectivity index (χ0) is 17.7. The first-order valence-electron chi connectivity index (χ1n) is 7.77. The van der Waals surface area contributed by atoms with Crippen LogP contribution in [0.2, 0.25) is 20.1 Å². The molecular formula is C19H14Cl4N2. The van der Waals surface area contributed by atoms with E-state index in [1.165, 1.54) is 16.3 Å². The molecule has 6 heteroatoms. The quantitative estimate of drug-likeness (QED) is 0.335. The zero-order valence-corrected chi connectivity index (χ0v) is 16.4. The van der Waals surface area contributed by atoms with Gasteiger partial charge in [-0.3, -0.25) is 0 Å². The third-order valence-electron chi connectivity index (χ3n) is 4.49. The van der Waals surface area contributed by atoms with Crippen LogP contribution in [0.25, 0.3) is 10.8 Å². The molecule has 0 unspecified atom stereocenters. The first-order valence-corrected chi connectivity index (χ1v) is 9.28. The Labute approximate surface area is 166 Å². The molecule has 0 aliphatic carbocycles. The van der Waals surface area contributed by atoms with E-state index < -0.39 is 0 Å². The summed E-state index contributed by atoms with van der Waals surface area (Å²) < 4.78 is 0. The topological polar surface area (TPSA) is 6.48 Å². The van der Waals surface area contributed by atoms with Gasteiger partial charge in [0.2, 0.25) is 0 Å². The summed E-state index contributed by atoms with van der Waals surface area (Å²) in [6.07, 6.45) is 0. The molecule has 0 aromatic heterocycles. The Balaban J connectivity index is 1.76. The molecule has 0 saturated carbocycles. The van der Waals surface area contributed by atoms with Gasteiger partial charge in [0.25, 0.3) is 0 Å². The Hall–Kier alpha value is -1.32. The van der Waals surface area contributed by atoms with Gasteiger partial charge in [-0.05, 0) is 22.4 Å². The fourth-order valence-electron chi connectivity index (χ4n) is 3.33. The van der Waals surface area contributed by atoms with Gasteiger partial charge in [0.1, 0.15) is 0 Å². The maximum atomic E-state index is 6.49. The third kappa shape index (κ3) is 2.82. The van der Waals surface area contributed by atoms with E-state index in [1.54, 1.807) is 0 Å². The highest BCUT2D eigenvalue weighted by atomic mass is 35.5. The first kappa shape index (κ1) is 17.1. The molecule has 3 aromatic rings. The second-order valence-corrected chi connectivity index (χ2v) is 7.68. The molecule has 0 spiro atoms. The number of fused-ring (bicyclic) bond motifs is 2. The fraction of sp³-hybridized carbons (Fsp3) is 0.158. The van der Waals surface area contributed by atoms with Crippen molar-refractivity contribution in [2.45, 2.75) is 6.54 Å². The minimum Gasteiger partial charge on any atom is -0.354 e. The lowest BCUT2D eigenvalue weighted by molar-refractivity contribution is 0.817. The van der Waals surface area contributed by atoms with E-state index in [4.69, 9.17) is 46.4 Å². The van der Waals surface area contributed by atoms with E-state index in [1.807, 2.05) is 24.1 Å². The van der Waals surface area contributed by atoms with Gasteiger partial charge in [0, 0.05) is 13.6 Å². The Morgan fingerprint density at radius 3 is 2.16 bits per heavy atom. The highest BCUT2D eigenvalue weighted by Crippen LogP contribution is 2.53. The Kier molecular flexibility index (Phi) is 4.41. The lowest BCUT2D eigenvalue weighted by Crippen LogP contribution is -2.27. The van der Waals surface area contributed by atoms with Crippen LogP contribution in [0.3, 0.4) is 0 Å². The molecule has 25 heavy (non-hydrogen) atoms. The van der Waals surface area contributed by atoms with Gasteiger partial charge in [-0.25, -0.2) is 0 Å². The zero-order valence-electron chi connectivity index (χ0n) is 13.4. The smallest absolute Gasteiger partial charge is 0.0905 e. The molecule has 0 fully saturated rings. The minimum absolute atomic E-state index is 0.297. The Morgan fingerprint density at radius 2 is 1.44 bits per heavy atom. The second kappa shape index (κ2) is 6.44. The van der Waals surface area contributed by atoms with Crippen LogP contribution in [0.15, 0.2) is 42.5 Å². The third-order valence-corrected chi connectivity index (χ3v) is 6.27. The largest absolute Gasteiger partial charge is 0.354 e. The van der Waals surface area contributed by atoms with E-state index in [9.17, 15) is 0 Å². The molecule has 0 radical (unpaired) electrons.